The van der Waals surface area contributed by atoms with Crippen molar-refractivity contribution >= 4 is 0 Å². The largest absolute Gasteiger partial charge is 0.486 e. The first-order valence-corrected chi connectivity index (χ1v) is 7.18. The topological polar surface area (TPSA) is 35.2 Å². The van der Waals surface area contributed by atoms with Crippen LogP contribution in [-0.4, -0.2) is 12.1 Å². The van der Waals surface area contributed by atoms with Gasteiger partial charge in [-0.05, 0) is 30.5 Å². The first-order valence-electron chi connectivity index (χ1n) is 7.18. The summed E-state index contributed by atoms with van der Waals surface area (Å²) in [4.78, 5) is 0. The van der Waals surface area contributed by atoms with Crippen molar-refractivity contribution in [1.29, 1.82) is 0 Å². The van der Waals surface area contributed by atoms with Gasteiger partial charge in [-0.3, -0.25) is 0 Å². The molecule has 0 heterocycles. The molecule has 0 saturated heterocycles. The van der Waals surface area contributed by atoms with Gasteiger partial charge in [-0.15, -0.1) is 0 Å². The van der Waals surface area contributed by atoms with Crippen molar-refractivity contribution in [3.8, 4) is 5.75 Å². The van der Waals surface area contributed by atoms with Crippen molar-refractivity contribution in [2.45, 2.75) is 32.3 Å². The third-order valence-electron chi connectivity index (χ3n) is 3.75. The zero-order valence-electron chi connectivity index (χ0n) is 12.3. The van der Waals surface area contributed by atoms with E-state index in [9.17, 15) is 0 Å². The van der Waals surface area contributed by atoms with Crippen LogP contribution < -0.4 is 10.5 Å². The molecular weight excluding hydrogens is 246 g/mol. The molecule has 0 aliphatic carbocycles. The van der Waals surface area contributed by atoms with E-state index in [0.29, 0.717) is 6.54 Å². The minimum absolute atomic E-state index is 0.299. The molecule has 0 fully saturated rings. The van der Waals surface area contributed by atoms with Crippen molar-refractivity contribution in [2.24, 2.45) is 5.73 Å². The Morgan fingerprint density at radius 3 is 2.30 bits per heavy atom. The molecule has 2 nitrogen and oxygen atoms in total. The van der Waals surface area contributed by atoms with Gasteiger partial charge >= 0.3 is 0 Å². The van der Waals surface area contributed by atoms with Crippen LogP contribution in [0, 0.1) is 0 Å². The predicted octanol–water partition coefficient (Wildman–Crippen LogP) is 3.78. The van der Waals surface area contributed by atoms with Crippen LogP contribution in [0.3, 0.4) is 0 Å². The van der Waals surface area contributed by atoms with Crippen LogP contribution >= 0.6 is 0 Å². The second-order valence-electron chi connectivity index (χ2n) is 5.38. The molecular formula is C18H23NO. The summed E-state index contributed by atoms with van der Waals surface area (Å²) >= 11 is 0. The molecule has 2 aromatic carbocycles. The van der Waals surface area contributed by atoms with E-state index in [-0.39, 0.29) is 5.60 Å². The highest BCUT2D eigenvalue weighted by Crippen LogP contribution is 2.26. The SMILES string of the molecule is CCC(C)(CN)Oc1ccccc1Cc1ccccc1. The van der Waals surface area contributed by atoms with Crippen molar-refractivity contribution < 1.29 is 4.74 Å². The minimum atomic E-state index is -0.299. The van der Waals surface area contributed by atoms with Crippen LogP contribution in [0.25, 0.3) is 0 Å². The molecule has 0 aliphatic rings. The Morgan fingerprint density at radius 2 is 1.65 bits per heavy atom. The van der Waals surface area contributed by atoms with Crippen LogP contribution in [-0.2, 0) is 6.42 Å². The maximum atomic E-state index is 6.18. The van der Waals surface area contributed by atoms with E-state index in [1.165, 1.54) is 11.1 Å². The lowest BCUT2D eigenvalue weighted by Gasteiger charge is -2.29. The van der Waals surface area contributed by atoms with Gasteiger partial charge < -0.3 is 10.5 Å². The third-order valence-corrected chi connectivity index (χ3v) is 3.75. The molecule has 20 heavy (non-hydrogen) atoms. The van der Waals surface area contributed by atoms with E-state index < -0.39 is 0 Å². The van der Waals surface area contributed by atoms with Gasteiger partial charge in [-0.25, -0.2) is 0 Å². The summed E-state index contributed by atoms with van der Waals surface area (Å²) in [5.74, 6) is 0.936. The summed E-state index contributed by atoms with van der Waals surface area (Å²) in [5.41, 5.74) is 8.03. The molecule has 1 unspecified atom stereocenters. The fraction of sp³-hybridized carbons (Fsp3) is 0.333. The summed E-state index contributed by atoms with van der Waals surface area (Å²) in [6.07, 6.45) is 1.77. The number of hydrogen-bond donors (Lipinski definition) is 1. The maximum absolute atomic E-state index is 6.18. The molecule has 0 aliphatic heterocycles. The summed E-state index contributed by atoms with van der Waals surface area (Å²) in [6.45, 7) is 4.68. The number of benzene rings is 2. The minimum Gasteiger partial charge on any atom is -0.486 e. The van der Waals surface area contributed by atoms with E-state index in [1.807, 2.05) is 18.2 Å². The third kappa shape index (κ3) is 3.61. The Morgan fingerprint density at radius 1 is 1.00 bits per heavy atom. The average Bonchev–Trinajstić information content (AvgIpc) is 2.50. The maximum Gasteiger partial charge on any atom is 0.123 e. The first kappa shape index (κ1) is 14.6. The molecule has 106 valence electrons. The van der Waals surface area contributed by atoms with Gasteiger partial charge in [0.15, 0.2) is 0 Å². The van der Waals surface area contributed by atoms with Crippen LogP contribution in [0.4, 0.5) is 0 Å². The molecule has 0 bridgehead atoms. The fourth-order valence-corrected chi connectivity index (χ4v) is 2.09. The molecule has 2 N–H and O–H groups in total. The van der Waals surface area contributed by atoms with Gasteiger partial charge in [0.1, 0.15) is 11.4 Å². The van der Waals surface area contributed by atoms with Crippen LogP contribution in [0.15, 0.2) is 54.6 Å². The lowest BCUT2D eigenvalue weighted by molar-refractivity contribution is 0.0924. The Balaban J connectivity index is 2.22. The lowest BCUT2D eigenvalue weighted by Crippen LogP contribution is -2.40. The number of rotatable bonds is 6. The van der Waals surface area contributed by atoms with Crippen molar-refractivity contribution in [3.63, 3.8) is 0 Å². The number of nitrogens with two attached hydrogens (primary N) is 1. The van der Waals surface area contributed by atoms with Gasteiger partial charge in [0.2, 0.25) is 0 Å². The smallest absolute Gasteiger partial charge is 0.123 e. The summed E-state index contributed by atoms with van der Waals surface area (Å²) in [6, 6.07) is 18.7. The molecule has 0 spiro atoms. The normalized spacial score (nSPS) is 13.8. The quantitative estimate of drug-likeness (QED) is 0.866. The van der Waals surface area contributed by atoms with Crippen molar-refractivity contribution in [1.82, 2.24) is 0 Å². The molecule has 0 radical (unpaired) electrons. The molecule has 2 heteroatoms. The standard InChI is InChI=1S/C18H23NO/c1-3-18(2,14-19)20-17-12-8-7-11-16(17)13-15-9-5-4-6-10-15/h4-12H,3,13-14,19H2,1-2H3. The van der Waals surface area contributed by atoms with Crippen LogP contribution in [0.2, 0.25) is 0 Å². The highest BCUT2D eigenvalue weighted by Gasteiger charge is 2.23. The number of para-hydroxylation sites is 1. The molecule has 2 aromatic rings. The predicted molar refractivity (Wildman–Crippen MR) is 84.1 cm³/mol. The molecule has 0 saturated carbocycles. The molecule has 0 aromatic heterocycles. The average molecular weight is 269 g/mol. The van der Waals surface area contributed by atoms with E-state index >= 15 is 0 Å². The molecule has 0 amide bonds. The summed E-state index contributed by atoms with van der Waals surface area (Å²) in [5, 5.41) is 0. The summed E-state index contributed by atoms with van der Waals surface area (Å²) in [7, 11) is 0. The molecule has 1 atom stereocenters. The summed E-state index contributed by atoms with van der Waals surface area (Å²) < 4.78 is 6.18. The Bertz CT molecular complexity index is 532. The number of hydrogen-bond acceptors (Lipinski definition) is 2. The molecule has 2 rings (SSSR count). The lowest BCUT2D eigenvalue weighted by atomic mass is 10.0. The van der Waals surface area contributed by atoms with E-state index in [4.69, 9.17) is 10.5 Å². The van der Waals surface area contributed by atoms with Crippen LogP contribution in [0.5, 0.6) is 5.75 Å². The Kier molecular flexibility index (Phi) is 4.80. The van der Waals surface area contributed by atoms with E-state index in [0.717, 1.165) is 18.6 Å². The monoisotopic (exact) mass is 269 g/mol. The second-order valence-corrected chi connectivity index (χ2v) is 5.38. The first-order chi connectivity index (χ1) is 9.67. The van der Waals surface area contributed by atoms with E-state index in [1.54, 1.807) is 0 Å². The van der Waals surface area contributed by atoms with Gasteiger partial charge in [-0.2, -0.15) is 0 Å². The Labute approximate surface area is 121 Å². The van der Waals surface area contributed by atoms with Gasteiger partial charge in [-0.1, -0.05) is 55.5 Å². The van der Waals surface area contributed by atoms with Crippen molar-refractivity contribution in [3.05, 3.63) is 65.7 Å². The van der Waals surface area contributed by atoms with Gasteiger partial charge in [0.25, 0.3) is 0 Å². The van der Waals surface area contributed by atoms with Crippen LogP contribution in [0.1, 0.15) is 31.4 Å². The van der Waals surface area contributed by atoms with E-state index in [2.05, 4.69) is 50.2 Å². The highest BCUT2D eigenvalue weighted by molar-refractivity contribution is 5.38. The van der Waals surface area contributed by atoms with Crippen molar-refractivity contribution in [2.75, 3.05) is 6.54 Å². The second kappa shape index (κ2) is 6.58. The van der Waals surface area contributed by atoms with Gasteiger partial charge in [0.05, 0.1) is 0 Å². The number of ether oxygens (including phenoxy) is 1. The zero-order valence-corrected chi connectivity index (χ0v) is 12.3. The Hall–Kier alpha value is -1.80. The van der Waals surface area contributed by atoms with Gasteiger partial charge in [0, 0.05) is 13.0 Å². The zero-order chi connectivity index (χ0) is 14.4. The highest BCUT2D eigenvalue weighted by atomic mass is 16.5. The fourth-order valence-electron chi connectivity index (χ4n) is 2.09.